The van der Waals surface area contributed by atoms with E-state index in [4.69, 9.17) is 4.42 Å². The molecule has 2 heterocycles. The van der Waals surface area contributed by atoms with Crippen molar-refractivity contribution in [1.29, 1.82) is 0 Å². The lowest BCUT2D eigenvalue weighted by Gasteiger charge is -2.08. The van der Waals surface area contributed by atoms with Gasteiger partial charge in [-0.2, -0.15) is 0 Å². The molecule has 140 valence electrons. The summed E-state index contributed by atoms with van der Waals surface area (Å²) < 4.78 is 32.9. The second-order valence-electron chi connectivity index (χ2n) is 6.19. The fraction of sp³-hybridized carbons (Fsp3) is 0.0455. The molecule has 4 rings (SSSR count). The molecule has 0 aliphatic heterocycles. The molecule has 0 spiro atoms. The van der Waals surface area contributed by atoms with Crippen LogP contribution in [-0.4, -0.2) is 5.91 Å². The molecule has 1 amide bonds. The van der Waals surface area contributed by atoms with Crippen molar-refractivity contribution >= 4 is 22.9 Å². The minimum Gasteiger partial charge on any atom is -0.464 e. The van der Waals surface area contributed by atoms with E-state index in [1.165, 1.54) is 6.07 Å². The summed E-state index contributed by atoms with van der Waals surface area (Å²) in [4.78, 5) is 14.4. The van der Waals surface area contributed by atoms with E-state index >= 15 is 0 Å². The summed E-state index contributed by atoms with van der Waals surface area (Å²) >= 11 is 1.64. The molecule has 0 aliphatic carbocycles. The average Bonchev–Trinajstić information content (AvgIpc) is 3.32. The second-order valence-corrected chi connectivity index (χ2v) is 7.44. The molecular weight excluding hydrogens is 380 g/mol. The van der Waals surface area contributed by atoms with Gasteiger partial charge in [0, 0.05) is 10.6 Å². The third-order valence-electron chi connectivity index (χ3n) is 4.33. The largest absolute Gasteiger partial charge is 0.464 e. The normalized spacial score (nSPS) is 10.8. The standard InChI is InChI=1S/C22H15F2NO2S/c1-13-16(12-20(28-13)19-6-3-11-27-19)14-7-9-15(10-8-14)25-22(26)21-17(23)4-2-5-18(21)24/h2-12H,1H3,(H,25,26). The lowest BCUT2D eigenvalue weighted by molar-refractivity contribution is 0.101. The van der Waals surface area contributed by atoms with Gasteiger partial charge < -0.3 is 9.73 Å². The maximum Gasteiger partial charge on any atom is 0.261 e. The fourth-order valence-corrected chi connectivity index (χ4v) is 3.96. The summed E-state index contributed by atoms with van der Waals surface area (Å²) in [5, 5.41) is 2.53. The lowest BCUT2D eigenvalue weighted by Crippen LogP contribution is -2.15. The van der Waals surface area contributed by atoms with Gasteiger partial charge >= 0.3 is 0 Å². The number of furan rings is 1. The molecule has 6 heteroatoms. The van der Waals surface area contributed by atoms with Gasteiger partial charge in [0.15, 0.2) is 0 Å². The Morgan fingerprint density at radius 2 is 1.71 bits per heavy atom. The van der Waals surface area contributed by atoms with Gasteiger partial charge in [-0.05, 0) is 60.5 Å². The number of benzene rings is 2. The predicted octanol–water partition coefficient (Wildman–Crippen LogP) is 6.51. The number of thiophene rings is 1. The van der Waals surface area contributed by atoms with E-state index in [0.717, 1.165) is 38.8 Å². The van der Waals surface area contributed by atoms with E-state index < -0.39 is 23.1 Å². The number of hydrogen-bond donors (Lipinski definition) is 1. The summed E-state index contributed by atoms with van der Waals surface area (Å²) in [5.74, 6) is -1.80. The highest BCUT2D eigenvalue weighted by Crippen LogP contribution is 2.37. The zero-order valence-electron chi connectivity index (χ0n) is 14.8. The average molecular weight is 395 g/mol. The minimum atomic E-state index is -0.895. The number of rotatable bonds is 4. The summed E-state index contributed by atoms with van der Waals surface area (Å²) in [7, 11) is 0. The second kappa shape index (κ2) is 7.40. The molecule has 0 saturated carbocycles. The summed E-state index contributed by atoms with van der Waals surface area (Å²) in [6, 6.07) is 16.3. The highest BCUT2D eigenvalue weighted by molar-refractivity contribution is 7.15. The van der Waals surface area contributed by atoms with Gasteiger partial charge in [-0.1, -0.05) is 18.2 Å². The van der Waals surface area contributed by atoms with E-state index in [1.54, 1.807) is 29.7 Å². The van der Waals surface area contributed by atoms with Crippen LogP contribution in [0.2, 0.25) is 0 Å². The van der Waals surface area contributed by atoms with Crippen molar-refractivity contribution in [1.82, 2.24) is 0 Å². The molecule has 0 unspecified atom stereocenters. The Kier molecular flexibility index (Phi) is 4.79. The highest BCUT2D eigenvalue weighted by Gasteiger charge is 2.17. The summed E-state index contributed by atoms with van der Waals surface area (Å²) in [5.41, 5.74) is 1.90. The number of anilines is 1. The van der Waals surface area contributed by atoms with Crippen molar-refractivity contribution < 1.29 is 18.0 Å². The highest BCUT2D eigenvalue weighted by atomic mass is 32.1. The maximum absolute atomic E-state index is 13.7. The number of nitrogens with one attached hydrogen (secondary N) is 1. The third kappa shape index (κ3) is 3.46. The molecule has 3 nitrogen and oxygen atoms in total. The molecule has 28 heavy (non-hydrogen) atoms. The molecule has 0 saturated heterocycles. The number of amides is 1. The summed E-state index contributed by atoms with van der Waals surface area (Å²) in [6.07, 6.45) is 1.64. The molecule has 4 aromatic rings. The SMILES string of the molecule is Cc1sc(-c2ccco2)cc1-c1ccc(NC(=O)c2c(F)cccc2F)cc1. The Morgan fingerprint density at radius 1 is 1.00 bits per heavy atom. The van der Waals surface area contributed by atoms with Crippen LogP contribution >= 0.6 is 11.3 Å². The van der Waals surface area contributed by atoms with Crippen LogP contribution in [-0.2, 0) is 0 Å². The van der Waals surface area contributed by atoms with Gasteiger partial charge in [0.2, 0.25) is 0 Å². The molecular formula is C22H15F2NO2S. The molecule has 0 bridgehead atoms. The fourth-order valence-electron chi connectivity index (χ4n) is 2.95. The third-order valence-corrected chi connectivity index (χ3v) is 5.39. The molecule has 1 N–H and O–H groups in total. The lowest BCUT2D eigenvalue weighted by atomic mass is 10.1. The minimum absolute atomic E-state index is 0.454. The number of carbonyl (C=O) groups excluding carboxylic acids is 1. The van der Waals surface area contributed by atoms with Crippen LogP contribution in [0.15, 0.2) is 71.3 Å². The molecule has 0 radical (unpaired) electrons. The quantitative estimate of drug-likeness (QED) is 0.428. The number of halogens is 2. The monoisotopic (exact) mass is 395 g/mol. The van der Waals surface area contributed by atoms with Crippen LogP contribution in [0.25, 0.3) is 21.8 Å². The molecule has 0 atom stereocenters. The van der Waals surface area contributed by atoms with Crippen LogP contribution in [0, 0.1) is 18.6 Å². The van der Waals surface area contributed by atoms with Gasteiger partial charge in [-0.15, -0.1) is 11.3 Å². The van der Waals surface area contributed by atoms with Crippen molar-refractivity contribution in [2.24, 2.45) is 0 Å². The molecule has 2 aromatic heterocycles. The zero-order chi connectivity index (χ0) is 19.7. The first-order valence-corrected chi connectivity index (χ1v) is 9.34. The first-order valence-electron chi connectivity index (χ1n) is 8.53. The molecule has 0 aliphatic rings. The van der Waals surface area contributed by atoms with Crippen molar-refractivity contribution in [3.05, 3.63) is 89.0 Å². The van der Waals surface area contributed by atoms with Crippen LogP contribution in [0.4, 0.5) is 14.5 Å². The molecule has 2 aromatic carbocycles. The van der Waals surface area contributed by atoms with Gasteiger partial charge in [0.1, 0.15) is 23.0 Å². The van der Waals surface area contributed by atoms with Gasteiger partial charge in [-0.25, -0.2) is 8.78 Å². The van der Waals surface area contributed by atoms with E-state index in [-0.39, 0.29) is 0 Å². The van der Waals surface area contributed by atoms with Gasteiger partial charge in [0.05, 0.1) is 11.1 Å². The number of aryl methyl sites for hydroxylation is 1. The molecule has 0 fully saturated rings. The van der Waals surface area contributed by atoms with E-state index in [9.17, 15) is 13.6 Å². The Hall–Kier alpha value is -3.25. The van der Waals surface area contributed by atoms with Gasteiger partial charge in [-0.3, -0.25) is 4.79 Å². The maximum atomic E-state index is 13.7. The van der Waals surface area contributed by atoms with Crippen LogP contribution < -0.4 is 5.32 Å². The van der Waals surface area contributed by atoms with Crippen LogP contribution in [0.5, 0.6) is 0 Å². The van der Waals surface area contributed by atoms with Crippen molar-refractivity contribution in [3.8, 4) is 21.8 Å². The number of carbonyl (C=O) groups is 1. The predicted molar refractivity (Wildman–Crippen MR) is 107 cm³/mol. The topological polar surface area (TPSA) is 42.2 Å². The van der Waals surface area contributed by atoms with E-state index in [1.807, 2.05) is 31.2 Å². The van der Waals surface area contributed by atoms with Gasteiger partial charge in [0.25, 0.3) is 5.91 Å². The van der Waals surface area contributed by atoms with Crippen molar-refractivity contribution in [2.75, 3.05) is 5.32 Å². The number of hydrogen-bond acceptors (Lipinski definition) is 3. The van der Waals surface area contributed by atoms with Crippen molar-refractivity contribution in [2.45, 2.75) is 6.92 Å². The first-order chi connectivity index (χ1) is 13.5. The summed E-state index contributed by atoms with van der Waals surface area (Å²) in [6.45, 7) is 2.03. The Balaban J connectivity index is 1.56. The Morgan fingerprint density at radius 3 is 2.36 bits per heavy atom. The first kappa shape index (κ1) is 18.1. The van der Waals surface area contributed by atoms with Crippen molar-refractivity contribution in [3.63, 3.8) is 0 Å². The van der Waals surface area contributed by atoms with Crippen LogP contribution in [0.1, 0.15) is 15.2 Å². The zero-order valence-corrected chi connectivity index (χ0v) is 15.6. The Labute approximate surface area is 164 Å². The van der Waals surface area contributed by atoms with E-state index in [2.05, 4.69) is 11.4 Å². The van der Waals surface area contributed by atoms with E-state index in [0.29, 0.717) is 5.69 Å². The Bertz CT molecular complexity index is 1110. The van der Waals surface area contributed by atoms with Crippen LogP contribution in [0.3, 0.4) is 0 Å². The smallest absolute Gasteiger partial charge is 0.261 e.